The van der Waals surface area contributed by atoms with Crippen LogP contribution in [-0.4, -0.2) is 41.1 Å². The maximum Gasteiger partial charge on any atom is 0.225 e. The third-order valence-electron chi connectivity index (χ3n) is 4.18. The predicted molar refractivity (Wildman–Crippen MR) is 97.4 cm³/mol. The molecule has 0 bridgehead atoms. The standard InChI is InChI=1S/C16H19BrClN5/c1-11-8-20-16(21-9-11)22(2)13-3-5-23(6-4-13)15-14(17)7-12(18)10-19-15/h7-10,13H,3-6H2,1-2H3. The van der Waals surface area contributed by atoms with Crippen molar-refractivity contribution in [1.29, 1.82) is 0 Å². The minimum Gasteiger partial charge on any atom is -0.356 e. The highest BCUT2D eigenvalue weighted by molar-refractivity contribution is 9.10. The first-order valence-electron chi connectivity index (χ1n) is 7.62. The van der Waals surface area contributed by atoms with Crippen molar-refractivity contribution in [3.63, 3.8) is 0 Å². The Bertz CT molecular complexity index is 671. The number of hydrogen-bond donors (Lipinski definition) is 0. The molecule has 0 aliphatic carbocycles. The van der Waals surface area contributed by atoms with Crippen LogP contribution in [0.3, 0.4) is 0 Å². The number of nitrogens with zero attached hydrogens (tertiary/aromatic N) is 5. The lowest BCUT2D eigenvalue weighted by atomic mass is 10.0. The van der Waals surface area contributed by atoms with Crippen molar-refractivity contribution in [3.05, 3.63) is 39.7 Å². The monoisotopic (exact) mass is 395 g/mol. The van der Waals surface area contributed by atoms with E-state index in [1.165, 1.54) is 0 Å². The molecule has 0 saturated carbocycles. The Morgan fingerprint density at radius 3 is 2.43 bits per heavy atom. The molecule has 0 radical (unpaired) electrons. The molecule has 122 valence electrons. The van der Waals surface area contributed by atoms with Crippen LogP contribution in [0, 0.1) is 6.92 Å². The molecule has 0 spiro atoms. The molecule has 0 aromatic carbocycles. The van der Waals surface area contributed by atoms with Crippen molar-refractivity contribution in [2.24, 2.45) is 0 Å². The molecule has 0 unspecified atom stereocenters. The molecule has 7 heteroatoms. The van der Waals surface area contributed by atoms with Crippen LogP contribution in [0.5, 0.6) is 0 Å². The van der Waals surface area contributed by atoms with E-state index < -0.39 is 0 Å². The maximum absolute atomic E-state index is 5.97. The summed E-state index contributed by atoms with van der Waals surface area (Å²) in [6.45, 7) is 3.90. The number of halogens is 2. The Morgan fingerprint density at radius 1 is 1.17 bits per heavy atom. The molecule has 0 amide bonds. The second-order valence-corrected chi connectivity index (χ2v) is 7.14. The Kier molecular flexibility index (Phi) is 5.02. The van der Waals surface area contributed by atoms with Gasteiger partial charge in [0.2, 0.25) is 5.95 Å². The SMILES string of the molecule is Cc1cnc(N(C)C2CCN(c3ncc(Cl)cc3Br)CC2)nc1. The number of piperidine rings is 1. The van der Waals surface area contributed by atoms with Crippen LogP contribution >= 0.6 is 27.5 Å². The quantitative estimate of drug-likeness (QED) is 0.791. The number of aromatic nitrogens is 3. The highest BCUT2D eigenvalue weighted by Crippen LogP contribution is 2.29. The molecule has 2 aromatic heterocycles. The van der Waals surface area contributed by atoms with E-state index in [4.69, 9.17) is 11.6 Å². The van der Waals surface area contributed by atoms with Crippen LogP contribution < -0.4 is 9.80 Å². The number of hydrogen-bond acceptors (Lipinski definition) is 5. The van der Waals surface area contributed by atoms with Crippen LogP contribution in [0.15, 0.2) is 29.1 Å². The zero-order chi connectivity index (χ0) is 16.4. The van der Waals surface area contributed by atoms with E-state index in [0.29, 0.717) is 11.1 Å². The molecule has 1 aliphatic rings. The topological polar surface area (TPSA) is 45.2 Å². The molecular formula is C16H19BrClN5. The fourth-order valence-electron chi connectivity index (χ4n) is 2.84. The summed E-state index contributed by atoms with van der Waals surface area (Å²) in [4.78, 5) is 17.8. The van der Waals surface area contributed by atoms with Crippen molar-refractivity contribution < 1.29 is 0 Å². The van der Waals surface area contributed by atoms with Crippen LogP contribution in [0.2, 0.25) is 5.02 Å². The Labute approximate surface area is 149 Å². The van der Waals surface area contributed by atoms with Gasteiger partial charge in [0.25, 0.3) is 0 Å². The molecule has 1 aliphatic heterocycles. The van der Waals surface area contributed by atoms with Crippen LogP contribution in [0.25, 0.3) is 0 Å². The minimum absolute atomic E-state index is 0.444. The van der Waals surface area contributed by atoms with Gasteiger partial charge >= 0.3 is 0 Å². The van der Waals surface area contributed by atoms with Crippen molar-refractivity contribution >= 4 is 39.3 Å². The van der Waals surface area contributed by atoms with Gasteiger partial charge in [-0.25, -0.2) is 15.0 Å². The first-order valence-corrected chi connectivity index (χ1v) is 8.79. The summed E-state index contributed by atoms with van der Waals surface area (Å²) in [5.74, 6) is 1.75. The lowest BCUT2D eigenvalue weighted by Gasteiger charge is -2.37. The summed E-state index contributed by atoms with van der Waals surface area (Å²) >= 11 is 9.52. The summed E-state index contributed by atoms with van der Waals surface area (Å²) in [6, 6.07) is 2.34. The van der Waals surface area contributed by atoms with Gasteiger partial charge in [-0.3, -0.25) is 0 Å². The molecular weight excluding hydrogens is 378 g/mol. The molecule has 5 nitrogen and oxygen atoms in total. The molecule has 23 heavy (non-hydrogen) atoms. The average molecular weight is 397 g/mol. The Morgan fingerprint density at radius 2 is 1.83 bits per heavy atom. The molecule has 1 saturated heterocycles. The van der Waals surface area contributed by atoms with Gasteiger partial charge in [0.1, 0.15) is 5.82 Å². The largest absolute Gasteiger partial charge is 0.356 e. The first-order chi connectivity index (χ1) is 11.0. The predicted octanol–water partition coefficient (Wildman–Crippen LogP) is 3.70. The second-order valence-electron chi connectivity index (χ2n) is 5.85. The Balaban J connectivity index is 1.65. The molecule has 0 N–H and O–H groups in total. The van der Waals surface area contributed by atoms with E-state index >= 15 is 0 Å². The minimum atomic E-state index is 0.444. The maximum atomic E-state index is 5.97. The first kappa shape index (κ1) is 16.5. The van der Waals surface area contributed by atoms with E-state index in [9.17, 15) is 0 Å². The molecule has 3 heterocycles. The second kappa shape index (κ2) is 7.01. The lowest BCUT2D eigenvalue weighted by Crippen LogP contribution is -2.44. The zero-order valence-electron chi connectivity index (χ0n) is 13.2. The molecule has 3 rings (SSSR count). The van der Waals surface area contributed by atoms with Gasteiger partial charge in [-0.05, 0) is 47.3 Å². The zero-order valence-corrected chi connectivity index (χ0v) is 15.5. The molecule has 0 atom stereocenters. The van der Waals surface area contributed by atoms with E-state index in [-0.39, 0.29) is 0 Å². The number of anilines is 2. The van der Waals surface area contributed by atoms with E-state index in [1.807, 2.05) is 25.4 Å². The normalized spacial score (nSPS) is 15.7. The fraction of sp³-hybridized carbons (Fsp3) is 0.438. The molecule has 1 fully saturated rings. The number of rotatable bonds is 3. The summed E-state index contributed by atoms with van der Waals surface area (Å²) in [7, 11) is 2.07. The van der Waals surface area contributed by atoms with Crippen LogP contribution in [-0.2, 0) is 0 Å². The van der Waals surface area contributed by atoms with E-state index in [2.05, 4.69) is 47.7 Å². The summed E-state index contributed by atoms with van der Waals surface area (Å²) in [5.41, 5.74) is 1.08. The average Bonchev–Trinajstić information content (AvgIpc) is 2.55. The van der Waals surface area contributed by atoms with E-state index in [1.54, 1.807) is 6.20 Å². The van der Waals surface area contributed by atoms with Gasteiger partial charge in [-0.15, -0.1) is 0 Å². The van der Waals surface area contributed by atoms with Gasteiger partial charge in [0.05, 0.1) is 9.50 Å². The van der Waals surface area contributed by atoms with Crippen molar-refractivity contribution in [1.82, 2.24) is 15.0 Å². The van der Waals surface area contributed by atoms with Crippen molar-refractivity contribution in [2.75, 3.05) is 29.9 Å². The third-order valence-corrected chi connectivity index (χ3v) is 4.97. The van der Waals surface area contributed by atoms with Crippen molar-refractivity contribution in [3.8, 4) is 0 Å². The van der Waals surface area contributed by atoms with Crippen LogP contribution in [0.4, 0.5) is 11.8 Å². The Hall–Kier alpha value is -1.40. The van der Waals surface area contributed by atoms with Gasteiger partial charge in [0, 0.05) is 44.8 Å². The van der Waals surface area contributed by atoms with Gasteiger partial charge in [0.15, 0.2) is 0 Å². The van der Waals surface area contributed by atoms with Crippen molar-refractivity contribution in [2.45, 2.75) is 25.8 Å². The smallest absolute Gasteiger partial charge is 0.225 e. The lowest BCUT2D eigenvalue weighted by molar-refractivity contribution is 0.475. The van der Waals surface area contributed by atoms with Crippen LogP contribution in [0.1, 0.15) is 18.4 Å². The summed E-state index contributed by atoms with van der Waals surface area (Å²) < 4.78 is 0.943. The number of aryl methyl sites for hydroxylation is 1. The summed E-state index contributed by atoms with van der Waals surface area (Å²) in [5, 5.41) is 0.645. The number of pyridine rings is 1. The molecule has 2 aromatic rings. The highest BCUT2D eigenvalue weighted by atomic mass is 79.9. The third kappa shape index (κ3) is 3.75. The van der Waals surface area contributed by atoms with Gasteiger partial charge in [-0.1, -0.05) is 11.6 Å². The highest BCUT2D eigenvalue weighted by Gasteiger charge is 2.25. The fourth-order valence-corrected chi connectivity index (χ4v) is 3.73. The van der Waals surface area contributed by atoms with Gasteiger partial charge in [-0.2, -0.15) is 0 Å². The summed E-state index contributed by atoms with van der Waals surface area (Å²) in [6.07, 6.45) is 7.51. The van der Waals surface area contributed by atoms with E-state index in [0.717, 1.165) is 47.7 Å². The van der Waals surface area contributed by atoms with Gasteiger partial charge < -0.3 is 9.80 Å².